The third kappa shape index (κ3) is 7.90. The van der Waals surface area contributed by atoms with Crippen LogP contribution in [0.25, 0.3) is 11.1 Å². The number of aromatic nitrogens is 5. The molecule has 0 saturated heterocycles. The lowest BCUT2D eigenvalue weighted by atomic mass is 10.1. The van der Waals surface area contributed by atoms with Crippen LogP contribution < -0.4 is 14.2 Å². The first-order valence-electron chi connectivity index (χ1n) is 12.5. The fourth-order valence-electron chi connectivity index (χ4n) is 3.40. The lowest BCUT2D eigenvalue weighted by Crippen LogP contribution is -2.01. The Morgan fingerprint density at radius 1 is 0.357 bits per heavy atom. The first kappa shape index (κ1) is 27.3. The number of phenols is 3. The second-order valence-corrected chi connectivity index (χ2v) is 8.44. The summed E-state index contributed by atoms with van der Waals surface area (Å²) >= 11 is 0. The summed E-state index contributed by atoms with van der Waals surface area (Å²) in [6.45, 7) is 0. The molecule has 0 radical (unpaired) electrons. The van der Waals surface area contributed by atoms with Crippen LogP contribution in [0.1, 0.15) is 0 Å². The van der Waals surface area contributed by atoms with Gasteiger partial charge in [0.15, 0.2) is 0 Å². The van der Waals surface area contributed by atoms with Crippen molar-refractivity contribution in [3.63, 3.8) is 0 Å². The molecule has 0 aliphatic carbocycles. The Balaban J connectivity index is 0.000000244. The van der Waals surface area contributed by atoms with Crippen LogP contribution in [0.4, 0.5) is 0 Å². The maximum absolute atomic E-state index is 9.41. The number of aromatic hydroxyl groups is 3. The van der Waals surface area contributed by atoms with Gasteiger partial charge in [-0.05, 0) is 108 Å². The molecule has 6 aromatic rings. The zero-order valence-corrected chi connectivity index (χ0v) is 21.8. The quantitative estimate of drug-likeness (QED) is 0.195. The summed E-state index contributed by atoms with van der Waals surface area (Å²) in [6, 6.07) is 25.6. The zero-order valence-electron chi connectivity index (χ0n) is 21.8. The Morgan fingerprint density at radius 2 is 0.619 bits per heavy atom. The standard InChI is InChI=1S/C21H15N3O6.C10H8N2/c25-13-1-7-16(8-2-13)28-19-22-20(29-17-9-3-14(26)4-10-17)24-21(23-19)30-18-11-5-15(27)6-12-18;1-5-11-6-2-9(1)10-3-7-12-8-4-10/h1-12,25-27H;1-8H. The molecular weight excluding hydrogens is 538 g/mol. The van der Waals surface area contributed by atoms with Gasteiger partial charge in [0.05, 0.1) is 0 Å². The molecule has 0 spiro atoms. The summed E-state index contributed by atoms with van der Waals surface area (Å²) in [6.07, 6.45) is 7.15. The van der Waals surface area contributed by atoms with Gasteiger partial charge in [0.2, 0.25) is 0 Å². The number of phenolic OH excluding ortho intramolecular Hbond substituents is 3. The van der Waals surface area contributed by atoms with Crippen LogP contribution in [0.15, 0.2) is 122 Å². The number of hydrogen-bond donors (Lipinski definition) is 3. The maximum atomic E-state index is 9.41. The fourth-order valence-corrected chi connectivity index (χ4v) is 3.40. The van der Waals surface area contributed by atoms with E-state index in [2.05, 4.69) is 24.9 Å². The van der Waals surface area contributed by atoms with Gasteiger partial charge in [-0.15, -0.1) is 15.0 Å². The molecule has 42 heavy (non-hydrogen) atoms. The van der Waals surface area contributed by atoms with E-state index in [0.29, 0.717) is 17.2 Å². The molecule has 0 saturated carbocycles. The monoisotopic (exact) mass is 561 g/mol. The van der Waals surface area contributed by atoms with Crippen molar-refractivity contribution < 1.29 is 29.5 Å². The highest BCUT2D eigenvalue weighted by Gasteiger charge is 2.13. The highest BCUT2D eigenvalue weighted by Crippen LogP contribution is 2.28. The van der Waals surface area contributed by atoms with Crippen molar-refractivity contribution in [2.75, 3.05) is 0 Å². The fraction of sp³-hybridized carbons (Fsp3) is 0. The van der Waals surface area contributed by atoms with E-state index < -0.39 is 0 Å². The molecule has 0 amide bonds. The Morgan fingerprint density at radius 3 is 0.881 bits per heavy atom. The molecule has 11 nitrogen and oxygen atoms in total. The number of ether oxygens (including phenoxy) is 3. The van der Waals surface area contributed by atoms with Crippen LogP contribution in [0.2, 0.25) is 0 Å². The van der Waals surface area contributed by atoms with Crippen molar-refractivity contribution in [2.24, 2.45) is 0 Å². The molecule has 3 aromatic carbocycles. The highest BCUT2D eigenvalue weighted by atomic mass is 16.5. The first-order valence-corrected chi connectivity index (χ1v) is 12.5. The van der Waals surface area contributed by atoms with Crippen LogP contribution in [0.5, 0.6) is 52.5 Å². The zero-order chi connectivity index (χ0) is 29.1. The molecular formula is C31H23N5O6. The third-order valence-corrected chi connectivity index (χ3v) is 5.41. The number of nitrogens with zero attached hydrogens (tertiary/aromatic N) is 5. The summed E-state index contributed by atoms with van der Waals surface area (Å²) in [5.41, 5.74) is 2.35. The Labute approximate surface area is 240 Å². The summed E-state index contributed by atoms with van der Waals surface area (Å²) < 4.78 is 16.8. The van der Waals surface area contributed by atoms with Gasteiger partial charge in [-0.2, -0.15) is 0 Å². The second-order valence-electron chi connectivity index (χ2n) is 8.44. The summed E-state index contributed by atoms with van der Waals surface area (Å²) in [4.78, 5) is 20.2. The van der Waals surface area contributed by atoms with Crippen LogP contribution in [0, 0.1) is 0 Å². The predicted molar refractivity (Wildman–Crippen MR) is 152 cm³/mol. The third-order valence-electron chi connectivity index (χ3n) is 5.41. The molecule has 0 fully saturated rings. The molecule has 0 atom stereocenters. The molecule has 208 valence electrons. The largest absolute Gasteiger partial charge is 0.508 e. The molecule has 0 aliphatic rings. The van der Waals surface area contributed by atoms with Gasteiger partial charge in [-0.1, -0.05) is 0 Å². The predicted octanol–water partition coefficient (Wildman–Crippen LogP) is 6.51. The van der Waals surface area contributed by atoms with Gasteiger partial charge >= 0.3 is 18.0 Å². The molecule has 3 heterocycles. The first-order chi connectivity index (χ1) is 20.5. The van der Waals surface area contributed by atoms with Gasteiger partial charge in [-0.3, -0.25) is 9.97 Å². The van der Waals surface area contributed by atoms with Crippen LogP contribution in [0.3, 0.4) is 0 Å². The Hall–Kier alpha value is -6.23. The lowest BCUT2D eigenvalue weighted by molar-refractivity contribution is 0.361. The number of hydrogen-bond acceptors (Lipinski definition) is 11. The molecule has 11 heteroatoms. The molecule has 0 unspecified atom stereocenters. The van der Waals surface area contributed by atoms with E-state index in [1.165, 1.54) is 47.5 Å². The van der Waals surface area contributed by atoms with Gasteiger partial charge in [0.25, 0.3) is 0 Å². The smallest absolute Gasteiger partial charge is 0.331 e. The van der Waals surface area contributed by atoms with Crippen molar-refractivity contribution >= 4 is 0 Å². The minimum atomic E-state index is -0.0988. The van der Waals surface area contributed by atoms with E-state index in [1.54, 1.807) is 61.2 Å². The van der Waals surface area contributed by atoms with Crippen molar-refractivity contribution in [3.8, 4) is 63.7 Å². The van der Waals surface area contributed by atoms with Crippen molar-refractivity contribution in [2.45, 2.75) is 0 Å². The van der Waals surface area contributed by atoms with Gasteiger partial charge in [0, 0.05) is 24.8 Å². The summed E-state index contributed by atoms with van der Waals surface area (Å²) in [5, 5.41) is 28.2. The molecule has 0 aliphatic heterocycles. The van der Waals surface area contributed by atoms with E-state index >= 15 is 0 Å². The van der Waals surface area contributed by atoms with E-state index in [4.69, 9.17) is 14.2 Å². The minimum Gasteiger partial charge on any atom is -0.508 e. The van der Waals surface area contributed by atoms with E-state index in [-0.39, 0.29) is 35.3 Å². The van der Waals surface area contributed by atoms with Gasteiger partial charge in [0.1, 0.15) is 34.5 Å². The number of pyridine rings is 2. The Bertz CT molecular complexity index is 1510. The van der Waals surface area contributed by atoms with Crippen LogP contribution >= 0.6 is 0 Å². The summed E-state index contributed by atoms with van der Waals surface area (Å²) in [7, 11) is 0. The number of benzene rings is 3. The normalized spacial score (nSPS) is 10.2. The highest BCUT2D eigenvalue weighted by molar-refractivity contribution is 5.61. The topological polar surface area (TPSA) is 153 Å². The van der Waals surface area contributed by atoms with Crippen LogP contribution in [-0.2, 0) is 0 Å². The van der Waals surface area contributed by atoms with Gasteiger partial charge < -0.3 is 29.5 Å². The molecule has 3 N–H and O–H groups in total. The minimum absolute atomic E-state index is 0.0886. The average Bonchev–Trinajstić information content (AvgIpc) is 3.02. The second kappa shape index (κ2) is 13.2. The lowest BCUT2D eigenvalue weighted by Gasteiger charge is -2.10. The summed E-state index contributed by atoms with van der Waals surface area (Å²) in [5.74, 6) is 1.41. The SMILES string of the molecule is Oc1ccc(Oc2nc(Oc3ccc(O)cc3)nc(Oc3ccc(O)cc3)n2)cc1.c1cc(-c2ccncc2)ccn1. The van der Waals surface area contributed by atoms with Crippen molar-refractivity contribution in [3.05, 3.63) is 122 Å². The molecule has 0 bridgehead atoms. The Kier molecular flexibility index (Phi) is 8.60. The average molecular weight is 562 g/mol. The van der Waals surface area contributed by atoms with Crippen molar-refractivity contribution in [1.29, 1.82) is 0 Å². The van der Waals surface area contributed by atoms with Crippen molar-refractivity contribution in [1.82, 2.24) is 24.9 Å². The number of rotatable bonds is 7. The molecule has 3 aromatic heterocycles. The van der Waals surface area contributed by atoms with Crippen LogP contribution in [-0.4, -0.2) is 40.2 Å². The van der Waals surface area contributed by atoms with E-state index in [9.17, 15) is 15.3 Å². The van der Waals surface area contributed by atoms with E-state index in [1.807, 2.05) is 24.3 Å². The van der Waals surface area contributed by atoms with Gasteiger partial charge in [-0.25, -0.2) is 0 Å². The van der Waals surface area contributed by atoms with E-state index in [0.717, 1.165) is 0 Å². The maximum Gasteiger partial charge on any atom is 0.331 e. The molecule has 6 rings (SSSR count).